The standard InChI is InChI=1S/C7H5ClN4S/c1-13-7-9-2-4-5(12-7)6(8)11-3-10-4/h2-3H,1H3/i2D,3D. The third-order valence-corrected chi connectivity index (χ3v) is 2.19. The highest BCUT2D eigenvalue weighted by Crippen LogP contribution is 2.18. The first-order valence-electron chi connectivity index (χ1n) is 4.34. The number of fused-ring (bicyclic) bond motifs is 1. The van der Waals surface area contributed by atoms with Crippen molar-refractivity contribution in [1.82, 2.24) is 19.9 Å². The summed E-state index contributed by atoms with van der Waals surface area (Å²) in [7, 11) is 0. The molecule has 2 aromatic rings. The summed E-state index contributed by atoms with van der Waals surface area (Å²) < 4.78 is 14.9. The number of hydrogen-bond donors (Lipinski definition) is 0. The minimum atomic E-state index is -0.235. The molecule has 0 saturated heterocycles. The normalized spacial score (nSPS) is 12.8. The summed E-state index contributed by atoms with van der Waals surface area (Å²) in [5.41, 5.74) is 0.523. The highest BCUT2D eigenvalue weighted by Gasteiger charge is 2.03. The van der Waals surface area contributed by atoms with Gasteiger partial charge in [0.1, 0.15) is 18.7 Å². The molecule has 0 aliphatic carbocycles. The minimum Gasteiger partial charge on any atom is -0.233 e. The van der Waals surface area contributed by atoms with Gasteiger partial charge in [0, 0.05) is 0 Å². The summed E-state index contributed by atoms with van der Waals surface area (Å²) in [6, 6.07) is 0. The average Bonchev–Trinajstić information content (AvgIpc) is 2.19. The van der Waals surface area contributed by atoms with Crippen LogP contribution < -0.4 is 0 Å². The molecule has 0 bridgehead atoms. The van der Waals surface area contributed by atoms with Crippen molar-refractivity contribution < 1.29 is 2.74 Å². The van der Waals surface area contributed by atoms with Gasteiger partial charge in [0.15, 0.2) is 10.3 Å². The molecule has 0 unspecified atom stereocenters. The van der Waals surface area contributed by atoms with Gasteiger partial charge < -0.3 is 0 Å². The zero-order valence-corrected chi connectivity index (χ0v) is 8.15. The fourth-order valence-electron chi connectivity index (χ4n) is 0.812. The van der Waals surface area contributed by atoms with Crippen LogP contribution in [-0.2, 0) is 0 Å². The van der Waals surface area contributed by atoms with Crippen molar-refractivity contribution in [2.45, 2.75) is 5.16 Å². The lowest BCUT2D eigenvalue weighted by Gasteiger charge is -1.98. The van der Waals surface area contributed by atoms with Crippen LogP contribution in [-0.4, -0.2) is 26.2 Å². The van der Waals surface area contributed by atoms with E-state index in [4.69, 9.17) is 14.3 Å². The van der Waals surface area contributed by atoms with Crippen molar-refractivity contribution in [3.05, 3.63) is 17.6 Å². The molecular formula is C7H5ClN4S. The number of rotatable bonds is 1. The molecule has 0 aromatic carbocycles. The van der Waals surface area contributed by atoms with Crippen molar-refractivity contribution >= 4 is 34.4 Å². The second kappa shape index (κ2) is 3.43. The molecule has 2 rings (SSSR count). The van der Waals surface area contributed by atoms with Crippen LogP contribution in [0.3, 0.4) is 0 Å². The molecule has 6 heteroatoms. The Morgan fingerprint density at radius 1 is 1.46 bits per heavy atom. The van der Waals surface area contributed by atoms with E-state index in [-0.39, 0.29) is 23.1 Å². The quantitative estimate of drug-likeness (QED) is 0.412. The molecule has 0 aliphatic rings. The Morgan fingerprint density at radius 2 is 2.31 bits per heavy atom. The third kappa shape index (κ3) is 1.57. The van der Waals surface area contributed by atoms with E-state index in [1.165, 1.54) is 11.8 Å². The molecule has 0 N–H and O–H groups in total. The molecule has 0 radical (unpaired) electrons. The number of halogens is 1. The number of thioether (sulfide) groups is 1. The van der Waals surface area contributed by atoms with Gasteiger partial charge in [0.25, 0.3) is 0 Å². The minimum absolute atomic E-state index is 0.0397. The van der Waals surface area contributed by atoms with Gasteiger partial charge >= 0.3 is 0 Å². The van der Waals surface area contributed by atoms with E-state index in [1.807, 2.05) is 0 Å². The van der Waals surface area contributed by atoms with E-state index >= 15 is 0 Å². The Morgan fingerprint density at radius 3 is 3.08 bits per heavy atom. The Bertz CT molecular complexity index is 536. The van der Waals surface area contributed by atoms with Crippen molar-refractivity contribution in [2.75, 3.05) is 6.26 Å². The summed E-state index contributed by atoms with van der Waals surface area (Å²) in [4.78, 5) is 15.4. The third-order valence-electron chi connectivity index (χ3n) is 1.38. The molecule has 2 heterocycles. The van der Waals surface area contributed by atoms with Crippen molar-refractivity contribution in [3.8, 4) is 0 Å². The summed E-state index contributed by atoms with van der Waals surface area (Å²) in [6.45, 7) is 0. The molecule has 0 fully saturated rings. The van der Waals surface area contributed by atoms with E-state index in [9.17, 15) is 0 Å². The Hall–Kier alpha value is -0.940. The van der Waals surface area contributed by atoms with Gasteiger partial charge in [-0.15, -0.1) is 0 Å². The van der Waals surface area contributed by atoms with E-state index in [0.717, 1.165) is 0 Å². The molecule has 0 spiro atoms. The maximum absolute atomic E-state index is 7.60. The second-order valence-corrected chi connectivity index (χ2v) is 3.27. The first-order valence-corrected chi connectivity index (χ1v) is 4.94. The van der Waals surface area contributed by atoms with Crippen molar-refractivity contribution in [3.63, 3.8) is 0 Å². The molecule has 13 heavy (non-hydrogen) atoms. The van der Waals surface area contributed by atoms with Gasteiger partial charge in [-0.3, -0.25) is 0 Å². The first kappa shape index (κ1) is 6.50. The summed E-state index contributed by atoms with van der Waals surface area (Å²) in [6.07, 6.45) is 1.53. The topological polar surface area (TPSA) is 51.6 Å². The highest BCUT2D eigenvalue weighted by atomic mass is 35.5. The summed E-state index contributed by atoms with van der Waals surface area (Å²) in [5, 5.41) is 0.520. The molecular weight excluding hydrogens is 208 g/mol. The van der Waals surface area contributed by atoms with Gasteiger partial charge in [-0.25, -0.2) is 19.9 Å². The average molecular weight is 215 g/mol. The zero-order chi connectivity index (χ0) is 11.0. The molecule has 0 aliphatic heterocycles. The molecule has 4 nitrogen and oxygen atoms in total. The Labute approximate surface area is 86.6 Å². The van der Waals surface area contributed by atoms with E-state index in [2.05, 4.69) is 19.9 Å². The van der Waals surface area contributed by atoms with Crippen LogP contribution in [0.25, 0.3) is 11.0 Å². The van der Waals surface area contributed by atoms with Gasteiger partial charge in [-0.1, -0.05) is 23.4 Å². The molecule has 0 atom stereocenters. The van der Waals surface area contributed by atoms with E-state index in [1.54, 1.807) is 6.26 Å². The summed E-state index contributed by atoms with van der Waals surface area (Å²) in [5.74, 6) is 0. The number of nitrogens with zero attached hydrogens (tertiary/aromatic N) is 4. The monoisotopic (exact) mass is 214 g/mol. The Kier molecular flexibility index (Phi) is 1.72. The van der Waals surface area contributed by atoms with Crippen molar-refractivity contribution in [1.29, 1.82) is 0 Å². The Balaban J connectivity index is 2.85. The highest BCUT2D eigenvalue weighted by molar-refractivity contribution is 7.98. The van der Waals surface area contributed by atoms with Gasteiger partial charge in [0.05, 0.1) is 7.54 Å². The molecule has 2 aromatic heterocycles. The van der Waals surface area contributed by atoms with Gasteiger partial charge in [0.2, 0.25) is 0 Å². The van der Waals surface area contributed by atoms with Crippen LogP contribution >= 0.6 is 23.4 Å². The lowest BCUT2D eigenvalue weighted by Crippen LogP contribution is -1.91. The smallest absolute Gasteiger partial charge is 0.188 e. The maximum atomic E-state index is 7.60. The van der Waals surface area contributed by atoms with Gasteiger partial charge in [-0.2, -0.15) is 0 Å². The number of aromatic nitrogens is 4. The summed E-state index contributed by atoms with van der Waals surface area (Å²) >= 11 is 7.12. The van der Waals surface area contributed by atoms with Crippen LogP contribution in [0.1, 0.15) is 2.74 Å². The largest absolute Gasteiger partial charge is 0.233 e. The van der Waals surface area contributed by atoms with Crippen LogP contribution in [0.15, 0.2) is 17.6 Å². The van der Waals surface area contributed by atoms with Crippen LogP contribution in [0, 0.1) is 0 Å². The van der Waals surface area contributed by atoms with Gasteiger partial charge in [-0.05, 0) is 6.26 Å². The SMILES string of the molecule is [2H]c1nc(Cl)c2nc(SC)nc([2H])c2n1. The van der Waals surface area contributed by atoms with E-state index in [0.29, 0.717) is 10.7 Å². The predicted molar refractivity (Wildman–Crippen MR) is 51.9 cm³/mol. The lowest BCUT2D eigenvalue weighted by molar-refractivity contribution is 0.992. The van der Waals surface area contributed by atoms with Crippen LogP contribution in [0.4, 0.5) is 0 Å². The zero-order valence-electron chi connectivity index (χ0n) is 8.58. The molecule has 0 saturated carbocycles. The molecule has 0 amide bonds. The van der Waals surface area contributed by atoms with E-state index < -0.39 is 0 Å². The molecule has 66 valence electrons. The van der Waals surface area contributed by atoms with Crippen molar-refractivity contribution in [2.24, 2.45) is 0 Å². The predicted octanol–water partition coefficient (Wildman–Crippen LogP) is 1.80. The number of hydrogen-bond acceptors (Lipinski definition) is 5. The first-order chi connectivity index (χ1) is 7.11. The fraction of sp³-hybridized carbons (Fsp3) is 0.143. The van der Waals surface area contributed by atoms with Crippen LogP contribution in [0.2, 0.25) is 5.15 Å². The second-order valence-electron chi connectivity index (χ2n) is 2.13. The fourth-order valence-corrected chi connectivity index (χ4v) is 1.30. The maximum Gasteiger partial charge on any atom is 0.188 e. The lowest BCUT2D eigenvalue weighted by atomic mass is 10.4. The van der Waals surface area contributed by atoms with Crippen LogP contribution in [0.5, 0.6) is 0 Å².